The monoisotopic (exact) mass is 400 g/mol. The Morgan fingerprint density at radius 2 is 1.63 bits per heavy atom. The summed E-state index contributed by atoms with van der Waals surface area (Å²) in [5, 5.41) is 11.9. The Labute approximate surface area is 170 Å². The van der Waals surface area contributed by atoms with Crippen molar-refractivity contribution in [2.24, 2.45) is 0 Å². The number of nitrogens with zero attached hydrogens (tertiary/aromatic N) is 2. The standard InChI is InChI=1S/C22H16N4O4/c27-21(28)19-17(18-20(25-19)24-10-9-23-18)26-22(29)30-11-16-14-7-3-1-5-12(14)13-6-2-4-8-15(13)16/h1-10,16H,11H2,(H,24,25)(H,26,29)(H,27,28). The molecule has 30 heavy (non-hydrogen) atoms. The van der Waals surface area contributed by atoms with E-state index in [1.54, 1.807) is 0 Å². The molecule has 2 aromatic carbocycles. The summed E-state index contributed by atoms with van der Waals surface area (Å²) in [5.41, 5.74) is 4.79. The van der Waals surface area contributed by atoms with Crippen molar-refractivity contribution in [2.75, 3.05) is 11.9 Å². The van der Waals surface area contributed by atoms with Gasteiger partial charge < -0.3 is 14.8 Å². The lowest BCUT2D eigenvalue weighted by Crippen LogP contribution is -2.19. The molecule has 8 nitrogen and oxygen atoms in total. The number of benzene rings is 2. The molecule has 148 valence electrons. The van der Waals surface area contributed by atoms with Gasteiger partial charge >= 0.3 is 12.1 Å². The summed E-state index contributed by atoms with van der Waals surface area (Å²) in [5.74, 6) is -1.33. The molecule has 5 rings (SSSR count). The Hall–Kier alpha value is -4.20. The molecule has 0 aliphatic heterocycles. The molecule has 0 atom stereocenters. The van der Waals surface area contributed by atoms with E-state index in [4.69, 9.17) is 4.74 Å². The lowest BCUT2D eigenvalue weighted by molar-refractivity contribution is 0.0692. The van der Waals surface area contributed by atoms with Crippen molar-refractivity contribution < 1.29 is 19.4 Å². The van der Waals surface area contributed by atoms with Crippen molar-refractivity contribution in [1.29, 1.82) is 0 Å². The second-order valence-electron chi connectivity index (χ2n) is 6.88. The second-order valence-corrected chi connectivity index (χ2v) is 6.88. The van der Waals surface area contributed by atoms with Crippen molar-refractivity contribution in [2.45, 2.75) is 5.92 Å². The molecule has 0 radical (unpaired) electrons. The highest BCUT2D eigenvalue weighted by atomic mass is 16.5. The summed E-state index contributed by atoms with van der Waals surface area (Å²) in [6, 6.07) is 16.0. The van der Waals surface area contributed by atoms with Gasteiger partial charge in [-0.1, -0.05) is 48.5 Å². The van der Waals surface area contributed by atoms with Crippen LogP contribution in [0.3, 0.4) is 0 Å². The predicted octanol–water partition coefficient (Wildman–Crippen LogP) is 4.02. The van der Waals surface area contributed by atoms with Crippen LogP contribution < -0.4 is 5.32 Å². The van der Waals surface area contributed by atoms with Crippen molar-refractivity contribution in [3.63, 3.8) is 0 Å². The number of carboxylic acid groups (broad SMARTS) is 1. The third kappa shape index (κ3) is 2.86. The Balaban J connectivity index is 1.39. The summed E-state index contributed by atoms with van der Waals surface area (Å²) in [6.07, 6.45) is 2.10. The third-order valence-corrected chi connectivity index (χ3v) is 5.21. The van der Waals surface area contributed by atoms with Gasteiger partial charge in [-0.25, -0.2) is 19.6 Å². The number of carbonyl (C=O) groups is 2. The molecule has 1 aliphatic carbocycles. The molecule has 1 aliphatic rings. The van der Waals surface area contributed by atoms with Gasteiger partial charge in [0.05, 0.1) is 0 Å². The third-order valence-electron chi connectivity index (χ3n) is 5.21. The zero-order chi connectivity index (χ0) is 20.7. The van der Waals surface area contributed by atoms with Gasteiger partial charge in [-0.2, -0.15) is 0 Å². The van der Waals surface area contributed by atoms with Crippen LogP contribution in [0.5, 0.6) is 0 Å². The average molecular weight is 400 g/mol. The van der Waals surface area contributed by atoms with Crippen LogP contribution in [0.25, 0.3) is 22.3 Å². The molecule has 0 saturated carbocycles. The second kappa shape index (κ2) is 7.00. The first-order chi connectivity index (χ1) is 14.6. The number of aromatic nitrogens is 3. The number of fused-ring (bicyclic) bond motifs is 4. The molecule has 3 N–H and O–H groups in total. The van der Waals surface area contributed by atoms with E-state index in [0.29, 0.717) is 0 Å². The fourth-order valence-corrected chi connectivity index (χ4v) is 3.93. The molecular formula is C22H16N4O4. The fraction of sp³-hybridized carbons (Fsp3) is 0.0909. The smallest absolute Gasteiger partial charge is 0.411 e. The van der Waals surface area contributed by atoms with Gasteiger partial charge in [0.25, 0.3) is 0 Å². The van der Waals surface area contributed by atoms with E-state index in [0.717, 1.165) is 22.3 Å². The lowest BCUT2D eigenvalue weighted by atomic mass is 9.98. The normalized spacial score (nSPS) is 12.4. The summed E-state index contributed by atoms with van der Waals surface area (Å²) >= 11 is 0. The first kappa shape index (κ1) is 17.9. The number of hydrogen-bond donors (Lipinski definition) is 3. The maximum absolute atomic E-state index is 12.5. The highest BCUT2D eigenvalue weighted by Crippen LogP contribution is 2.44. The Bertz CT molecular complexity index is 1250. The molecule has 0 unspecified atom stereocenters. The molecular weight excluding hydrogens is 384 g/mol. The molecule has 4 aromatic rings. The van der Waals surface area contributed by atoms with E-state index in [1.807, 2.05) is 36.4 Å². The summed E-state index contributed by atoms with van der Waals surface area (Å²) in [7, 11) is 0. The Kier molecular flexibility index (Phi) is 4.17. The van der Waals surface area contributed by atoms with Crippen LogP contribution in [0.1, 0.15) is 27.5 Å². The number of carboxylic acids is 1. The van der Waals surface area contributed by atoms with Crippen LogP contribution in [-0.2, 0) is 4.74 Å². The first-order valence-electron chi connectivity index (χ1n) is 9.31. The summed E-state index contributed by atoms with van der Waals surface area (Å²) in [4.78, 5) is 34.9. The average Bonchev–Trinajstić information content (AvgIpc) is 3.29. The molecule has 2 heterocycles. The van der Waals surface area contributed by atoms with Crippen LogP contribution in [0, 0.1) is 0 Å². The van der Waals surface area contributed by atoms with Gasteiger partial charge in [-0.05, 0) is 22.3 Å². The van der Waals surface area contributed by atoms with Crippen molar-refractivity contribution >= 4 is 28.9 Å². The fourth-order valence-electron chi connectivity index (χ4n) is 3.93. The van der Waals surface area contributed by atoms with Crippen LogP contribution >= 0.6 is 0 Å². The molecule has 1 amide bonds. The van der Waals surface area contributed by atoms with Crippen molar-refractivity contribution in [1.82, 2.24) is 15.0 Å². The number of rotatable bonds is 4. The molecule has 2 aromatic heterocycles. The molecule has 8 heteroatoms. The SMILES string of the molecule is O=C(Nc1c(C(=O)O)[nH]c2nccnc12)OCC1c2ccccc2-c2ccccc21. The van der Waals surface area contributed by atoms with E-state index >= 15 is 0 Å². The van der Waals surface area contributed by atoms with Crippen molar-refractivity contribution in [3.05, 3.63) is 77.7 Å². The van der Waals surface area contributed by atoms with Gasteiger partial charge in [0, 0.05) is 18.3 Å². The minimum absolute atomic E-state index is 0.0304. The largest absolute Gasteiger partial charge is 0.477 e. The number of H-pyrrole nitrogens is 1. The van der Waals surface area contributed by atoms with Gasteiger partial charge in [-0.3, -0.25) is 5.32 Å². The van der Waals surface area contributed by atoms with E-state index in [-0.39, 0.29) is 35.1 Å². The number of nitrogens with one attached hydrogen (secondary N) is 2. The molecule has 0 bridgehead atoms. The highest BCUT2D eigenvalue weighted by Gasteiger charge is 2.29. The number of ether oxygens (including phenoxy) is 1. The zero-order valence-electron chi connectivity index (χ0n) is 15.6. The highest BCUT2D eigenvalue weighted by molar-refractivity contribution is 6.07. The van der Waals surface area contributed by atoms with E-state index in [9.17, 15) is 14.7 Å². The first-order valence-corrected chi connectivity index (χ1v) is 9.31. The molecule has 0 fully saturated rings. The van der Waals surface area contributed by atoms with E-state index in [1.165, 1.54) is 12.4 Å². The van der Waals surface area contributed by atoms with Crippen LogP contribution in [0.4, 0.5) is 10.5 Å². The van der Waals surface area contributed by atoms with Crippen LogP contribution in [0.15, 0.2) is 60.9 Å². The van der Waals surface area contributed by atoms with E-state index < -0.39 is 12.1 Å². The number of anilines is 1. The van der Waals surface area contributed by atoms with Gasteiger partial charge in [0.1, 0.15) is 17.8 Å². The quantitative estimate of drug-likeness (QED) is 0.476. The zero-order valence-corrected chi connectivity index (χ0v) is 15.6. The van der Waals surface area contributed by atoms with Gasteiger partial charge in [-0.15, -0.1) is 0 Å². The number of amides is 1. The summed E-state index contributed by atoms with van der Waals surface area (Å²) in [6.45, 7) is 0.121. The van der Waals surface area contributed by atoms with Gasteiger partial charge in [0.2, 0.25) is 0 Å². The number of aromatic amines is 1. The maximum Gasteiger partial charge on any atom is 0.411 e. The maximum atomic E-state index is 12.5. The minimum atomic E-state index is -1.23. The topological polar surface area (TPSA) is 117 Å². The van der Waals surface area contributed by atoms with Gasteiger partial charge in [0.15, 0.2) is 11.3 Å². The van der Waals surface area contributed by atoms with Crippen LogP contribution in [0.2, 0.25) is 0 Å². The number of hydrogen-bond acceptors (Lipinski definition) is 5. The number of carbonyl (C=O) groups excluding carboxylic acids is 1. The number of aromatic carboxylic acids is 1. The summed E-state index contributed by atoms with van der Waals surface area (Å²) < 4.78 is 5.49. The minimum Gasteiger partial charge on any atom is -0.477 e. The van der Waals surface area contributed by atoms with Crippen LogP contribution in [-0.4, -0.2) is 38.7 Å². The predicted molar refractivity (Wildman–Crippen MR) is 110 cm³/mol. The van der Waals surface area contributed by atoms with Crippen molar-refractivity contribution in [3.8, 4) is 11.1 Å². The Morgan fingerprint density at radius 1 is 1.00 bits per heavy atom. The molecule has 0 spiro atoms. The lowest BCUT2D eigenvalue weighted by Gasteiger charge is -2.14. The van der Waals surface area contributed by atoms with E-state index in [2.05, 4.69) is 32.4 Å². The molecule has 0 saturated heterocycles. The Morgan fingerprint density at radius 3 is 2.30 bits per heavy atom.